The van der Waals surface area contributed by atoms with Crippen LogP contribution < -0.4 is 5.32 Å². The molecule has 0 saturated heterocycles. The third-order valence-electron chi connectivity index (χ3n) is 5.43. The van der Waals surface area contributed by atoms with Gasteiger partial charge in [0.25, 0.3) is 0 Å². The normalized spacial score (nSPS) is 23.5. The Labute approximate surface area is 143 Å². The Morgan fingerprint density at radius 1 is 1.04 bits per heavy atom. The molecule has 1 atom stereocenters. The van der Waals surface area contributed by atoms with E-state index < -0.39 is 0 Å². The summed E-state index contributed by atoms with van der Waals surface area (Å²) in [7, 11) is 0. The Balaban J connectivity index is 1.69. The van der Waals surface area contributed by atoms with Gasteiger partial charge < -0.3 is 5.32 Å². The lowest BCUT2D eigenvalue weighted by Crippen LogP contribution is -2.48. The Hall–Kier alpha value is -2.60. The first-order valence-electron chi connectivity index (χ1n) is 8.70. The number of hydrogen-bond acceptors (Lipinski definition) is 3. The minimum absolute atomic E-state index is 0.101. The van der Waals surface area contributed by atoms with E-state index in [0.29, 0.717) is 11.5 Å². The average Bonchev–Trinajstić information content (AvgIpc) is 3.33. The molecule has 0 bridgehead atoms. The second kappa shape index (κ2) is 6.13. The van der Waals surface area contributed by atoms with E-state index in [1.165, 1.54) is 31.2 Å². The van der Waals surface area contributed by atoms with Crippen molar-refractivity contribution < 1.29 is 0 Å². The standard InChI is InChI=1S/C21H21N3/c22-14-16-7-6-8-17(13-16)20-23-15-21(24-20,19-11-4-5-12-19)18-9-2-1-3-10-18/h1-3,6-10,13,19H,4-5,11-12,15H2,(H,23,24). The number of amidine groups is 1. The molecule has 2 aromatic carbocycles. The summed E-state index contributed by atoms with van der Waals surface area (Å²) in [5, 5.41) is 12.9. The van der Waals surface area contributed by atoms with Crippen LogP contribution in [0.4, 0.5) is 0 Å². The number of hydrogen-bond donors (Lipinski definition) is 1. The van der Waals surface area contributed by atoms with Gasteiger partial charge in [0.1, 0.15) is 5.84 Å². The first kappa shape index (κ1) is 15.0. The maximum Gasteiger partial charge on any atom is 0.129 e. The number of nitriles is 1. The molecule has 1 fully saturated rings. The number of nitrogens with one attached hydrogen (secondary N) is 1. The van der Waals surface area contributed by atoms with Crippen molar-refractivity contribution in [1.29, 1.82) is 5.26 Å². The third-order valence-corrected chi connectivity index (χ3v) is 5.43. The number of nitrogens with zero attached hydrogens (tertiary/aromatic N) is 2. The lowest BCUT2D eigenvalue weighted by Gasteiger charge is -2.36. The summed E-state index contributed by atoms with van der Waals surface area (Å²) < 4.78 is 0. The second-order valence-electron chi connectivity index (χ2n) is 6.80. The van der Waals surface area contributed by atoms with Gasteiger partial charge in [-0.3, -0.25) is 4.99 Å². The molecule has 3 nitrogen and oxygen atoms in total. The van der Waals surface area contributed by atoms with Crippen molar-refractivity contribution in [1.82, 2.24) is 5.32 Å². The molecule has 0 amide bonds. The van der Waals surface area contributed by atoms with Gasteiger partial charge in [-0.1, -0.05) is 55.3 Å². The van der Waals surface area contributed by atoms with Crippen LogP contribution in [0.1, 0.15) is 42.4 Å². The molecule has 1 aliphatic carbocycles. The zero-order chi connectivity index (χ0) is 16.4. The van der Waals surface area contributed by atoms with Crippen LogP contribution in [0, 0.1) is 17.2 Å². The largest absolute Gasteiger partial charge is 0.358 e. The molecular weight excluding hydrogens is 294 g/mol. The minimum atomic E-state index is -0.101. The maximum atomic E-state index is 9.15. The highest BCUT2D eigenvalue weighted by Gasteiger charge is 2.45. The van der Waals surface area contributed by atoms with Crippen LogP contribution >= 0.6 is 0 Å². The molecule has 2 aromatic rings. The highest BCUT2D eigenvalue weighted by atomic mass is 15.2. The molecule has 0 aromatic heterocycles. The molecule has 0 spiro atoms. The highest BCUT2D eigenvalue weighted by Crippen LogP contribution is 2.42. The lowest BCUT2D eigenvalue weighted by molar-refractivity contribution is 0.270. The number of rotatable bonds is 3. The van der Waals surface area contributed by atoms with Gasteiger partial charge >= 0.3 is 0 Å². The van der Waals surface area contributed by atoms with Gasteiger partial charge in [0.2, 0.25) is 0 Å². The second-order valence-corrected chi connectivity index (χ2v) is 6.80. The molecule has 1 saturated carbocycles. The van der Waals surface area contributed by atoms with Crippen LogP contribution in [-0.2, 0) is 5.54 Å². The zero-order valence-electron chi connectivity index (χ0n) is 13.7. The molecule has 3 heteroatoms. The van der Waals surface area contributed by atoms with Gasteiger partial charge in [0.15, 0.2) is 0 Å². The van der Waals surface area contributed by atoms with Crippen LogP contribution in [0.5, 0.6) is 0 Å². The predicted molar refractivity (Wildman–Crippen MR) is 95.8 cm³/mol. The Bertz CT molecular complexity index is 797. The third kappa shape index (κ3) is 2.49. The molecule has 120 valence electrons. The van der Waals surface area contributed by atoms with Gasteiger partial charge in [-0.15, -0.1) is 0 Å². The molecule has 2 aliphatic rings. The Morgan fingerprint density at radius 2 is 1.83 bits per heavy atom. The van der Waals surface area contributed by atoms with Crippen molar-refractivity contribution in [3.63, 3.8) is 0 Å². The van der Waals surface area contributed by atoms with Crippen LogP contribution in [0.3, 0.4) is 0 Å². The number of benzene rings is 2. The van der Waals surface area contributed by atoms with Crippen molar-refractivity contribution >= 4 is 5.84 Å². The monoisotopic (exact) mass is 315 g/mol. The van der Waals surface area contributed by atoms with E-state index in [-0.39, 0.29) is 5.54 Å². The van der Waals surface area contributed by atoms with Crippen molar-refractivity contribution in [3.8, 4) is 6.07 Å². The number of aliphatic imine (C=N–C) groups is 1. The summed E-state index contributed by atoms with van der Waals surface area (Å²) in [5.74, 6) is 1.53. The van der Waals surface area contributed by atoms with E-state index in [2.05, 4.69) is 41.7 Å². The van der Waals surface area contributed by atoms with Crippen LogP contribution in [0.15, 0.2) is 59.6 Å². The average molecular weight is 315 g/mol. The van der Waals surface area contributed by atoms with Crippen molar-refractivity contribution in [2.75, 3.05) is 6.54 Å². The fourth-order valence-corrected chi connectivity index (χ4v) is 4.18. The molecule has 4 rings (SSSR count). The van der Waals surface area contributed by atoms with Crippen molar-refractivity contribution in [2.45, 2.75) is 31.2 Å². The van der Waals surface area contributed by atoms with E-state index in [9.17, 15) is 0 Å². The van der Waals surface area contributed by atoms with Gasteiger partial charge in [-0.2, -0.15) is 5.26 Å². The van der Waals surface area contributed by atoms with Crippen molar-refractivity contribution in [2.24, 2.45) is 10.9 Å². The zero-order valence-corrected chi connectivity index (χ0v) is 13.7. The van der Waals surface area contributed by atoms with E-state index >= 15 is 0 Å². The smallest absolute Gasteiger partial charge is 0.129 e. The fourth-order valence-electron chi connectivity index (χ4n) is 4.18. The fraction of sp³-hybridized carbons (Fsp3) is 0.333. The van der Waals surface area contributed by atoms with Crippen LogP contribution in [0.25, 0.3) is 0 Å². The van der Waals surface area contributed by atoms with E-state index in [1.807, 2.05) is 24.3 Å². The summed E-state index contributed by atoms with van der Waals surface area (Å²) in [6.45, 7) is 0.772. The first-order valence-corrected chi connectivity index (χ1v) is 8.70. The summed E-state index contributed by atoms with van der Waals surface area (Å²) in [5.41, 5.74) is 2.91. The van der Waals surface area contributed by atoms with E-state index in [1.54, 1.807) is 0 Å². The molecule has 1 unspecified atom stereocenters. The summed E-state index contributed by atoms with van der Waals surface area (Å²) in [4.78, 5) is 4.85. The van der Waals surface area contributed by atoms with Crippen molar-refractivity contribution in [3.05, 3.63) is 71.3 Å². The van der Waals surface area contributed by atoms with E-state index in [0.717, 1.165) is 17.9 Å². The molecule has 24 heavy (non-hydrogen) atoms. The highest BCUT2D eigenvalue weighted by molar-refractivity contribution is 6.01. The lowest BCUT2D eigenvalue weighted by atomic mass is 9.77. The summed E-state index contributed by atoms with van der Waals surface area (Å²) in [6.07, 6.45) is 5.12. The van der Waals surface area contributed by atoms with E-state index in [4.69, 9.17) is 10.3 Å². The van der Waals surface area contributed by atoms with Gasteiger partial charge in [0, 0.05) is 5.56 Å². The van der Waals surface area contributed by atoms with Gasteiger partial charge in [-0.25, -0.2) is 0 Å². The van der Waals surface area contributed by atoms with Gasteiger partial charge in [0.05, 0.1) is 23.7 Å². The summed E-state index contributed by atoms with van der Waals surface area (Å²) in [6, 6.07) is 20.7. The van der Waals surface area contributed by atoms with Crippen LogP contribution in [-0.4, -0.2) is 12.4 Å². The Morgan fingerprint density at radius 3 is 2.58 bits per heavy atom. The quantitative estimate of drug-likeness (QED) is 0.931. The maximum absolute atomic E-state index is 9.15. The van der Waals surface area contributed by atoms with Gasteiger partial charge in [-0.05, 0) is 36.5 Å². The summed E-state index contributed by atoms with van der Waals surface area (Å²) >= 11 is 0. The SMILES string of the molecule is N#Cc1cccc(C2=NCC(c3ccccc3)(C3CCCC3)N2)c1. The molecule has 1 N–H and O–H groups in total. The molecule has 1 aliphatic heterocycles. The van der Waals surface area contributed by atoms with Crippen LogP contribution in [0.2, 0.25) is 0 Å². The molecular formula is C21H21N3. The first-order chi connectivity index (χ1) is 11.8. The Kier molecular flexibility index (Phi) is 3.82. The topological polar surface area (TPSA) is 48.2 Å². The predicted octanol–water partition coefficient (Wildman–Crippen LogP) is 3.99. The molecule has 1 heterocycles. The minimum Gasteiger partial charge on any atom is -0.358 e. The molecule has 0 radical (unpaired) electrons.